The molecule has 0 aromatic heterocycles. The fourth-order valence-electron chi connectivity index (χ4n) is 9.04. The standard InChI is InChI=1S/C49H40N2O/c1-31-13-11-19-44-46(31)51-43-30-36(26-28-40(43)49(4,5)41-18-12-20-45(52-44)47(41)51)50(34-23-21-33(22-24-34)32-14-7-6-8-15-32)35-25-27-38-37-16-9-10-17-39(37)48(2,3)42(38)29-35/h6-30H,1-5H3. The van der Waals surface area contributed by atoms with Crippen molar-refractivity contribution in [2.45, 2.75) is 45.4 Å². The molecule has 0 bridgehead atoms. The number of benzene rings is 7. The van der Waals surface area contributed by atoms with Gasteiger partial charge >= 0.3 is 0 Å². The molecule has 252 valence electrons. The number of hydrogen-bond acceptors (Lipinski definition) is 3. The van der Waals surface area contributed by atoms with E-state index in [1.54, 1.807) is 0 Å². The second-order valence-electron chi connectivity index (χ2n) is 15.5. The SMILES string of the molecule is Cc1cccc2c1N1c3cc(N(c4ccc(-c5ccccc5)cc4)c4ccc5c(c4)C(C)(C)c4ccccc4-5)ccc3C(C)(C)c3cccc(c31)O2. The molecule has 0 saturated heterocycles. The summed E-state index contributed by atoms with van der Waals surface area (Å²) in [6, 6.07) is 55.5. The Morgan fingerprint density at radius 1 is 0.462 bits per heavy atom. The lowest BCUT2D eigenvalue weighted by atomic mass is 9.73. The third-order valence-electron chi connectivity index (χ3n) is 11.8. The second-order valence-corrected chi connectivity index (χ2v) is 15.5. The second kappa shape index (κ2) is 11.0. The van der Waals surface area contributed by atoms with Crippen molar-refractivity contribution in [1.29, 1.82) is 0 Å². The lowest BCUT2D eigenvalue weighted by Gasteiger charge is -2.45. The molecule has 0 spiro atoms. The van der Waals surface area contributed by atoms with Crippen molar-refractivity contribution in [3.63, 3.8) is 0 Å². The maximum absolute atomic E-state index is 6.61. The number of hydrogen-bond donors (Lipinski definition) is 0. The van der Waals surface area contributed by atoms with Crippen LogP contribution in [-0.2, 0) is 10.8 Å². The first kappa shape index (κ1) is 30.7. The molecule has 1 aliphatic carbocycles. The molecule has 10 rings (SSSR count). The highest BCUT2D eigenvalue weighted by atomic mass is 16.5. The van der Waals surface area contributed by atoms with Crippen LogP contribution in [0.4, 0.5) is 34.1 Å². The topological polar surface area (TPSA) is 15.7 Å². The third-order valence-corrected chi connectivity index (χ3v) is 11.8. The largest absolute Gasteiger partial charge is 0.453 e. The van der Waals surface area contributed by atoms with Crippen molar-refractivity contribution >= 4 is 34.1 Å². The molecule has 0 fully saturated rings. The van der Waals surface area contributed by atoms with Gasteiger partial charge in [0.25, 0.3) is 0 Å². The van der Waals surface area contributed by atoms with Gasteiger partial charge in [-0.3, -0.25) is 0 Å². The number of rotatable bonds is 4. The van der Waals surface area contributed by atoms with Gasteiger partial charge < -0.3 is 14.5 Å². The van der Waals surface area contributed by atoms with Crippen molar-refractivity contribution in [1.82, 2.24) is 0 Å². The van der Waals surface area contributed by atoms with E-state index in [9.17, 15) is 0 Å². The Kier molecular flexibility index (Phi) is 6.48. The number of fused-ring (bicyclic) bond motifs is 7. The first-order valence-corrected chi connectivity index (χ1v) is 18.3. The minimum atomic E-state index is -0.231. The predicted octanol–water partition coefficient (Wildman–Crippen LogP) is 13.7. The molecule has 0 unspecified atom stereocenters. The molecule has 0 radical (unpaired) electrons. The van der Waals surface area contributed by atoms with E-state index in [1.807, 2.05) is 0 Å². The fraction of sp³-hybridized carbons (Fsp3) is 0.143. The maximum atomic E-state index is 6.61. The van der Waals surface area contributed by atoms with Gasteiger partial charge in [-0.1, -0.05) is 131 Å². The summed E-state index contributed by atoms with van der Waals surface area (Å²) >= 11 is 0. The van der Waals surface area contributed by atoms with Gasteiger partial charge in [-0.2, -0.15) is 0 Å². The highest BCUT2D eigenvalue weighted by molar-refractivity contribution is 5.96. The smallest absolute Gasteiger partial charge is 0.151 e. The van der Waals surface area contributed by atoms with Crippen LogP contribution in [0.3, 0.4) is 0 Å². The molecule has 0 saturated carbocycles. The first-order chi connectivity index (χ1) is 25.2. The summed E-state index contributed by atoms with van der Waals surface area (Å²) < 4.78 is 6.61. The number of aryl methyl sites for hydroxylation is 1. The molecular weight excluding hydrogens is 633 g/mol. The average molecular weight is 673 g/mol. The number of para-hydroxylation sites is 2. The van der Waals surface area contributed by atoms with Gasteiger partial charge in [0.2, 0.25) is 0 Å². The van der Waals surface area contributed by atoms with Crippen molar-refractivity contribution < 1.29 is 4.74 Å². The average Bonchev–Trinajstić information content (AvgIpc) is 3.39. The molecule has 52 heavy (non-hydrogen) atoms. The first-order valence-electron chi connectivity index (χ1n) is 18.3. The summed E-state index contributed by atoms with van der Waals surface area (Å²) in [6.45, 7) is 11.6. The molecule has 3 aliphatic rings. The van der Waals surface area contributed by atoms with Crippen LogP contribution < -0.4 is 14.5 Å². The van der Waals surface area contributed by atoms with Gasteiger partial charge in [0, 0.05) is 27.9 Å². The van der Waals surface area contributed by atoms with E-state index in [1.165, 1.54) is 55.8 Å². The Morgan fingerprint density at radius 2 is 1.06 bits per heavy atom. The van der Waals surface area contributed by atoms with Crippen molar-refractivity contribution in [2.24, 2.45) is 0 Å². The molecular formula is C49H40N2O. The summed E-state index contributed by atoms with van der Waals surface area (Å²) in [7, 11) is 0. The van der Waals surface area contributed by atoms with Gasteiger partial charge in [0.05, 0.1) is 17.1 Å². The molecule has 2 heterocycles. The van der Waals surface area contributed by atoms with Crippen LogP contribution in [0.15, 0.2) is 152 Å². The Bertz CT molecular complexity index is 2560. The van der Waals surface area contributed by atoms with Gasteiger partial charge in [-0.15, -0.1) is 0 Å². The van der Waals surface area contributed by atoms with Crippen LogP contribution in [0.2, 0.25) is 0 Å². The molecule has 0 atom stereocenters. The monoisotopic (exact) mass is 672 g/mol. The van der Waals surface area contributed by atoms with Crippen molar-refractivity contribution in [2.75, 3.05) is 9.80 Å². The van der Waals surface area contributed by atoms with E-state index in [0.717, 1.165) is 39.9 Å². The fourth-order valence-corrected chi connectivity index (χ4v) is 9.04. The van der Waals surface area contributed by atoms with Crippen molar-refractivity contribution in [3.8, 4) is 33.8 Å². The van der Waals surface area contributed by atoms with Gasteiger partial charge in [-0.05, 0) is 106 Å². The Morgan fingerprint density at radius 3 is 1.87 bits per heavy atom. The van der Waals surface area contributed by atoms with Gasteiger partial charge in [-0.25, -0.2) is 0 Å². The normalized spacial score (nSPS) is 15.1. The van der Waals surface area contributed by atoms with Crippen LogP contribution in [0.25, 0.3) is 22.3 Å². The van der Waals surface area contributed by atoms with Gasteiger partial charge in [0.1, 0.15) is 0 Å². The van der Waals surface area contributed by atoms with Crippen molar-refractivity contribution in [3.05, 3.63) is 179 Å². The highest BCUT2D eigenvalue weighted by Crippen LogP contribution is 2.61. The minimum absolute atomic E-state index is 0.111. The van der Waals surface area contributed by atoms with E-state index in [-0.39, 0.29) is 10.8 Å². The molecule has 2 aliphatic heterocycles. The van der Waals surface area contributed by atoms with E-state index in [4.69, 9.17) is 4.74 Å². The lowest BCUT2D eigenvalue weighted by molar-refractivity contribution is 0.471. The summed E-state index contributed by atoms with van der Waals surface area (Å²) in [5.41, 5.74) is 18.0. The van der Waals surface area contributed by atoms with Crippen LogP contribution >= 0.6 is 0 Å². The zero-order chi connectivity index (χ0) is 35.4. The van der Waals surface area contributed by atoms with E-state index in [0.29, 0.717) is 0 Å². The van der Waals surface area contributed by atoms with Crippen LogP contribution in [0, 0.1) is 6.92 Å². The zero-order valence-corrected chi connectivity index (χ0v) is 30.2. The summed E-state index contributed by atoms with van der Waals surface area (Å²) in [5, 5.41) is 0. The van der Waals surface area contributed by atoms with E-state index < -0.39 is 0 Å². The Balaban J connectivity index is 1.19. The summed E-state index contributed by atoms with van der Waals surface area (Å²) in [4.78, 5) is 4.89. The van der Waals surface area contributed by atoms with Crippen LogP contribution in [0.5, 0.6) is 11.5 Å². The molecule has 3 nitrogen and oxygen atoms in total. The molecule has 3 heteroatoms. The Hall–Kier alpha value is -6.06. The Labute approximate surface area is 306 Å². The van der Waals surface area contributed by atoms with Crippen LogP contribution in [-0.4, -0.2) is 0 Å². The number of ether oxygens (including phenoxy) is 1. The highest BCUT2D eigenvalue weighted by Gasteiger charge is 2.42. The number of anilines is 6. The molecule has 7 aromatic rings. The summed E-state index contributed by atoms with van der Waals surface area (Å²) in [5.74, 6) is 1.78. The van der Waals surface area contributed by atoms with E-state index >= 15 is 0 Å². The predicted molar refractivity (Wildman–Crippen MR) is 216 cm³/mol. The molecule has 7 aromatic carbocycles. The number of nitrogens with zero attached hydrogens (tertiary/aromatic N) is 2. The minimum Gasteiger partial charge on any atom is -0.453 e. The van der Waals surface area contributed by atoms with E-state index in [2.05, 4.69) is 196 Å². The third kappa shape index (κ3) is 4.32. The molecule has 0 N–H and O–H groups in total. The molecule has 0 amide bonds. The van der Waals surface area contributed by atoms with Crippen LogP contribution in [0.1, 0.15) is 55.5 Å². The zero-order valence-electron chi connectivity index (χ0n) is 30.2. The quantitative estimate of drug-likeness (QED) is 0.185. The maximum Gasteiger partial charge on any atom is 0.151 e. The summed E-state index contributed by atoms with van der Waals surface area (Å²) in [6.07, 6.45) is 0. The van der Waals surface area contributed by atoms with Gasteiger partial charge in [0.15, 0.2) is 11.5 Å². The lowest BCUT2D eigenvalue weighted by Crippen LogP contribution is -2.32.